The molecule has 3 aromatic rings. The molecule has 1 aromatic heterocycles. The predicted molar refractivity (Wildman–Crippen MR) is 115 cm³/mol. The number of methoxy groups -OCH3 is 1. The van der Waals surface area contributed by atoms with Crippen LogP contribution in [0.2, 0.25) is 5.02 Å². The van der Waals surface area contributed by atoms with Crippen molar-refractivity contribution in [1.29, 1.82) is 0 Å². The van der Waals surface area contributed by atoms with Crippen LogP contribution in [0.5, 0.6) is 5.75 Å². The highest BCUT2D eigenvalue weighted by Gasteiger charge is 2.29. The molecule has 0 atom stereocenters. The quantitative estimate of drug-likeness (QED) is 0.630. The first kappa shape index (κ1) is 19.9. The maximum Gasteiger partial charge on any atom is 0.243 e. The number of nitrogens with zero attached hydrogens (tertiary/aromatic N) is 3. The van der Waals surface area contributed by atoms with Gasteiger partial charge in [0, 0.05) is 36.6 Å². The zero-order valence-electron chi connectivity index (χ0n) is 16.3. The first-order valence-corrected chi connectivity index (χ1v) is 11.2. The van der Waals surface area contributed by atoms with E-state index in [0.717, 1.165) is 28.0 Å². The lowest BCUT2D eigenvalue weighted by Crippen LogP contribution is -2.48. The third kappa shape index (κ3) is 3.77. The third-order valence-corrected chi connectivity index (χ3v) is 7.39. The van der Waals surface area contributed by atoms with Crippen LogP contribution in [-0.4, -0.2) is 51.0 Å². The normalized spacial score (nSPS) is 15.6. The topological polar surface area (TPSA) is 62.7 Å². The summed E-state index contributed by atoms with van der Waals surface area (Å²) in [5.74, 6) is 1.57. The third-order valence-electron chi connectivity index (χ3n) is 5.23. The minimum atomic E-state index is -3.53. The Morgan fingerprint density at radius 1 is 1.03 bits per heavy atom. The largest absolute Gasteiger partial charge is 0.494 e. The molecule has 0 unspecified atom stereocenters. The minimum absolute atomic E-state index is 0.264. The fourth-order valence-corrected chi connectivity index (χ4v) is 5.16. The highest BCUT2D eigenvalue weighted by Crippen LogP contribution is 2.30. The van der Waals surface area contributed by atoms with Crippen molar-refractivity contribution in [2.24, 2.45) is 0 Å². The van der Waals surface area contributed by atoms with E-state index in [9.17, 15) is 8.42 Å². The number of rotatable bonds is 4. The average molecular weight is 432 g/mol. The van der Waals surface area contributed by atoms with Gasteiger partial charge in [0.2, 0.25) is 10.0 Å². The number of para-hydroxylation sites is 1. The summed E-state index contributed by atoms with van der Waals surface area (Å²) >= 11 is 5.88. The number of hydrogen-bond acceptors (Lipinski definition) is 5. The number of aromatic nitrogens is 1. The van der Waals surface area contributed by atoms with Crippen molar-refractivity contribution in [3.63, 3.8) is 0 Å². The van der Waals surface area contributed by atoms with E-state index < -0.39 is 10.0 Å². The van der Waals surface area contributed by atoms with Gasteiger partial charge in [-0.3, -0.25) is 0 Å². The lowest BCUT2D eigenvalue weighted by molar-refractivity contribution is 0.384. The molecular formula is C21H22ClN3O3S. The van der Waals surface area contributed by atoms with Gasteiger partial charge in [-0.25, -0.2) is 13.4 Å². The zero-order valence-corrected chi connectivity index (χ0v) is 17.9. The van der Waals surface area contributed by atoms with Crippen molar-refractivity contribution in [3.8, 4) is 5.75 Å². The molecule has 1 aliphatic rings. The standard InChI is InChI=1S/C21H22ClN3O3S/c1-15-14-20(23-21-18(15)4-3-5-19(21)28-2)24-10-12-25(13-11-24)29(26,27)17-8-6-16(22)7-9-17/h3-9,14H,10-13H2,1-2H3. The molecule has 1 fully saturated rings. The lowest BCUT2D eigenvalue weighted by atomic mass is 10.1. The van der Waals surface area contributed by atoms with E-state index >= 15 is 0 Å². The van der Waals surface area contributed by atoms with E-state index in [0.29, 0.717) is 31.2 Å². The predicted octanol–water partition coefficient (Wildman–Crippen LogP) is 3.72. The fraction of sp³-hybridized carbons (Fsp3) is 0.286. The van der Waals surface area contributed by atoms with Gasteiger partial charge >= 0.3 is 0 Å². The van der Waals surface area contributed by atoms with Gasteiger partial charge in [0.15, 0.2) is 0 Å². The van der Waals surface area contributed by atoms with Crippen LogP contribution in [0, 0.1) is 6.92 Å². The smallest absolute Gasteiger partial charge is 0.243 e. The highest BCUT2D eigenvalue weighted by molar-refractivity contribution is 7.89. The Bertz CT molecular complexity index is 1140. The summed E-state index contributed by atoms with van der Waals surface area (Å²) in [6.45, 7) is 3.99. The second kappa shape index (κ2) is 7.82. The van der Waals surface area contributed by atoms with Gasteiger partial charge in [-0.15, -0.1) is 0 Å². The van der Waals surface area contributed by atoms with Crippen LogP contribution < -0.4 is 9.64 Å². The number of aryl methyl sites for hydroxylation is 1. The number of fused-ring (bicyclic) bond motifs is 1. The summed E-state index contributed by atoms with van der Waals surface area (Å²) < 4.78 is 32.8. The van der Waals surface area contributed by atoms with Gasteiger partial charge in [0.25, 0.3) is 0 Å². The van der Waals surface area contributed by atoms with E-state index in [1.807, 2.05) is 31.2 Å². The second-order valence-corrected chi connectivity index (χ2v) is 9.37. The van der Waals surface area contributed by atoms with Crippen molar-refractivity contribution in [2.45, 2.75) is 11.8 Å². The molecule has 4 rings (SSSR count). The molecule has 0 amide bonds. The fourth-order valence-electron chi connectivity index (χ4n) is 3.61. The molecule has 2 heterocycles. The number of piperazine rings is 1. The Hall–Kier alpha value is -2.35. The molecule has 8 heteroatoms. The van der Waals surface area contributed by atoms with E-state index in [4.69, 9.17) is 21.3 Å². The average Bonchev–Trinajstić information content (AvgIpc) is 2.73. The summed E-state index contributed by atoms with van der Waals surface area (Å²) in [6.07, 6.45) is 0. The summed E-state index contributed by atoms with van der Waals surface area (Å²) in [5.41, 5.74) is 1.93. The molecule has 6 nitrogen and oxygen atoms in total. The molecule has 0 radical (unpaired) electrons. The Morgan fingerprint density at radius 2 is 1.72 bits per heavy atom. The van der Waals surface area contributed by atoms with Gasteiger partial charge in [-0.2, -0.15) is 4.31 Å². The number of benzene rings is 2. The van der Waals surface area contributed by atoms with E-state index in [2.05, 4.69) is 4.90 Å². The van der Waals surface area contributed by atoms with Crippen LogP contribution in [0.3, 0.4) is 0 Å². The van der Waals surface area contributed by atoms with Crippen molar-refractivity contribution < 1.29 is 13.2 Å². The summed E-state index contributed by atoms with van der Waals surface area (Å²) in [7, 11) is -1.89. The summed E-state index contributed by atoms with van der Waals surface area (Å²) in [6, 6.07) is 14.2. The van der Waals surface area contributed by atoms with Crippen molar-refractivity contribution >= 4 is 38.3 Å². The molecule has 0 saturated carbocycles. The molecule has 1 saturated heterocycles. The molecule has 152 valence electrons. The van der Waals surface area contributed by atoms with Gasteiger partial charge in [0.05, 0.1) is 12.0 Å². The minimum Gasteiger partial charge on any atom is -0.494 e. The Morgan fingerprint density at radius 3 is 2.38 bits per heavy atom. The molecule has 0 bridgehead atoms. The Kier molecular flexibility index (Phi) is 5.38. The van der Waals surface area contributed by atoms with Crippen molar-refractivity contribution in [2.75, 3.05) is 38.2 Å². The van der Waals surface area contributed by atoms with Crippen LogP contribution in [0.1, 0.15) is 5.56 Å². The van der Waals surface area contributed by atoms with E-state index in [-0.39, 0.29) is 4.90 Å². The highest BCUT2D eigenvalue weighted by atomic mass is 35.5. The van der Waals surface area contributed by atoms with Crippen LogP contribution in [0.25, 0.3) is 10.9 Å². The van der Waals surface area contributed by atoms with Crippen LogP contribution >= 0.6 is 11.6 Å². The Balaban J connectivity index is 1.56. The monoisotopic (exact) mass is 431 g/mol. The van der Waals surface area contributed by atoms with Crippen LogP contribution in [0.4, 0.5) is 5.82 Å². The zero-order chi connectivity index (χ0) is 20.6. The number of ether oxygens (including phenoxy) is 1. The van der Waals surface area contributed by atoms with Crippen LogP contribution in [-0.2, 0) is 10.0 Å². The molecule has 1 aliphatic heterocycles. The summed E-state index contributed by atoms with van der Waals surface area (Å²) in [5, 5.41) is 1.57. The van der Waals surface area contributed by atoms with Gasteiger partial charge in [0.1, 0.15) is 17.1 Å². The number of hydrogen-bond donors (Lipinski definition) is 0. The number of anilines is 1. The SMILES string of the molecule is COc1cccc2c(C)cc(N3CCN(S(=O)(=O)c4ccc(Cl)cc4)CC3)nc12. The number of sulfonamides is 1. The lowest BCUT2D eigenvalue weighted by Gasteiger charge is -2.35. The summed E-state index contributed by atoms with van der Waals surface area (Å²) in [4.78, 5) is 7.19. The maximum absolute atomic E-state index is 12.9. The maximum atomic E-state index is 12.9. The van der Waals surface area contributed by atoms with Gasteiger partial charge in [-0.05, 0) is 48.9 Å². The van der Waals surface area contributed by atoms with Gasteiger partial charge < -0.3 is 9.64 Å². The Labute approximate surface area is 175 Å². The molecule has 0 aliphatic carbocycles. The molecule has 2 aromatic carbocycles. The molecule has 29 heavy (non-hydrogen) atoms. The van der Waals surface area contributed by atoms with Crippen molar-refractivity contribution in [1.82, 2.24) is 9.29 Å². The second-order valence-electron chi connectivity index (χ2n) is 7.00. The van der Waals surface area contributed by atoms with E-state index in [1.54, 1.807) is 31.4 Å². The first-order chi connectivity index (χ1) is 13.9. The van der Waals surface area contributed by atoms with Crippen LogP contribution in [0.15, 0.2) is 53.4 Å². The number of pyridine rings is 1. The molecule has 0 N–H and O–H groups in total. The van der Waals surface area contributed by atoms with E-state index in [1.165, 1.54) is 4.31 Å². The molecule has 0 spiro atoms. The first-order valence-electron chi connectivity index (χ1n) is 9.35. The van der Waals surface area contributed by atoms with Crippen molar-refractivity contribution in [3.05, 3.63) is 59.1 Å². The number of halogens is 1. The molecular weight excluding hydrogens is 410 g/mol. The van der Waals surface area contributed by atoms with Gasteiger partial charge in [-0.1, -0.05) is 23.7 Å².